The Morgan fingerprint density at radius 1 is 1.05 bits per heavy atom. The first-order chi connectivity index (χ1) is 9.19. The summed E-state index contributed by atoms with van der Waals surface area (Å²) >= 11 is 0. The standard InChI is InChI=1S/C16H17NO2/c1-2-3-13-4-6-14(7-5-13)16(19)12-17-10-8-15(18)9-11-17/h4-11H,2-3,12H2,1H3. The predicted molar refractivity (Wildman–Crippen MR) is 75.5 cm³/mol. The Labute approximate surface area is 112 Å². The number of hydrogen-bond acceptors (Lipinski definition) is 2. The van der Waals surface area contributed by atoms with Crippen LogP contribution >= 0.6 is 0 Å². The Kier molecular flexibility index (Phi) is 4.29. The van der Waals surface area contributed by atoms with Crippen LogP contribution in [0.3, 0.4) is 0 Å². The molecule has 0 bridgehead atoms. The minimum atomic E-state index is -0.0485. The van der Waals surface area contributed by atoms with Gasteiger partial charge in [0.2, 0.25) is 0 Å². The summed E-state index contributed by atoms with van der Waals surface area (Å²) in [5.74, 6) is 0.0479. The second-order valence-corrected chi connectivity index (χ2v) is 4.58. The van der Waals surface area contributed by atoms with E-state index in [2.05, 4.69) is 6.92 Å². The van der Waals surface area contributed by atoms with Gasteiger partial charge in [-0.3, -0.25) is 9.59 Å². The number of ketones is 1. The number of carbonyl (C=O) groups excluding carboxylic acids is 1. The van der Waals surface area contributed by atoms with Gasteiger partial charge >= 0.3 is 0 Å². The molecule has 19 heavy (non-hydrogen) atoms. The van der Waals surface area contributed by atoms with Gasteiger partial charge < -0.3 is 4.57 Å². The lowest BCUT2D eigenvalue weighted by Gasteiger charge is -2.06. The molecule has 0 aliphatic rings. The zero-order valence-electron chi connectivity index (χ0n) is 11.0. The van der Waals surface area contributed by atoms with Crippen molar-refractivity contribution < 1.29 is 4.79 Å². The molecule has 0 amide bonds. The number of aryl methyl sites for hydroxylation is 1. The molecular weight excluding hydrogens is 238 g/mol. The number of carbonyl (C=O) groups is 1. The first kappa shape index (κ1) is 13.3. The highest BCUT2D eigenvalue weighted by molar-refractivity contribution is 5.95. The second kappa shape index (κ2) is 6.14. The lowest BCUT2D eigenvalue weighted by atomic mass is 10.1. The fourth-order valence-corrected chi connectivity index (χ4v) is 1.95. The van der Waals surface area contributed by atoms with Gasteiger partial charge in [0.25, 0.3) is 0 Å². The Bertz CT molecular complexity index is 591. The minimum Gasteiger partial charge on any atom is -0.346 e. The van der Waals surface area contributed by atoms with E-state index in [1.807, 2.05) is 24.3 Å². The molecule has 98 valence electrons. The van der Waals surface area contributed by atoms with Crippen molar-refractivity contribution in [3.8, 4) is 0 Å². The fourth-order valence-electron chi connectivity index (χ4n) is 1.95. The second-order valence-electron chi connectivity index (χ2n) is 4.58. The third kappa shape index (κ3) is 3.65. The van der Waals surface area contributed by atoms with Crippen molar-refractivity contribution in [1.29, 1.82) is 0 Å². The Morgan fingerprint density at radius 2 is 1.68 bits per heavy atom. The maximum atomic E-state index is 12.1. The van der Waals surface area contributed by atoms with Gasteiger partial charge in [0.05, 0.1) is 6.54 Å². The van der Waals surface area contributed by atoms with Crippen LogP contribution in [-0.4, -0.2) is 10.4 Å². The summed E-state index contributed by atoms with van der Waals surface area (Å²) in [7, 11) is 0. The average Bonchev–Trinajstić information content (AvgIpc) is 2.42. The molecule has 0 radical (unpaired) electrons. The van der Waals surface area contributed by atoms with Crippen molar-refractivity contribution in [1.82, 2.24) is 4.57 Å². The van der Waals surface area contributed by atoms with Crippen molar-refractivity contribution in [2.45, 2.75) is 26.3 Å². The van der Waals surface area contributed by atoms with E-state index < -0.39 is 0 Å². The molecule has 0 N–H and O–H groups in total. The molecule has 0 aliphatic carbocycles. The number of benzene rings is 1. The number of hydrogen-bond donors (Lipinski definition) is 0. The largest absolute Gasteiger partial charge is 0.346 e. The van der Waals surface area contributed by atoms with Gasteiger partial charge in [-0.1, -0.05) is 37.6 Å². The van der Waals surface area contributed by atoms with Crippen LogP contribution < -0.4 is 5.43 Å². The van der Waals surface area contributed by atoms with Crippen molar-refractivity contribution in [2.24, 2.45) is 0 Å². The summed E-state index contributed by atoms with van der Waals surface area (Å²) in [4.78, 5) is 23.0. The SMILES string of the molecule is CCCc1ccc(C(=O)Cn2ccc(=O)cc2)cc1. The number of nitrogens with zero attached hydrogens (tertiary/aromatic N) is 1. The first-order valence-corrected chi connectivity index (χ1v) is 6.47. The average molecular weight is 255 g/mol. The van der Waals surface area contributed by atoms with Crippen molar-refractivity contribution >= 4 is 5.78 Å². The van der Waals surface area contributed by atoms with E-state index >= 15 is 0 Å². The van der Waals surface area contributed by atoms with E-state index in [4.69, 9.17) is 0 Å². The quantitative estimate of drug-likeness (QED) is 0.770. The van der Waals surface area contributed by atoms with Gasteiger partial charge in [-0.05, 0) is 12.0 Å². The van der Waals surface area contributed by atoms with Crippen molar-refractivity contribution in [2.75, 3.05) is 0 Å². The molecule has 0 saturated heterocycles. The Morgan fingerprint density at radius 3 is 2.26 bits per heavy atom. The molecule has 3 nitrogen and oxygen atoms in total. The van der Waals surface area contributed by atoms with Crippen molar-refractivity contribution in [3.05, 3.63) is 70.1 Å². The lowest BCUT2D eigenvalue weighted by molar-refractivity contribution is 0.0972. The Hall–Kier alpha value is -2.16. The molecule has 1 aromatic heterocycles. The molecule has 2 aromatic rings. The molecule has 1 aromatic carbocycles. The van der Waals surface area contributed by atoms with Crippen LogP contribution in [0, 0.1) is 0 Å². The predicted octanol–water partition coefficient (Wildman–Crippen LogP) is 2.68. The van der Waals surface area contributed by atoms with Crippen molar-refractivity contribution in [3.63, 3.8) is 0 Å². The third-order valence-electron chi connectivity index (χ3n) is 3.00. The first-order valence-electron chi connectivity index (χ1n) is 6.47. The molecule has 2 rings (SSSR count). The summed E-state index contributed by atoms with van der Waals surface area (Å²) in [6, 6.07) is 10.7. The summed E-state index contributed by atoms with van der Waals surface area (Å²) in [5.41, 5.74) is 1.91. The summed E-state index contributed by atoms with van der Waals surface area (Å²) in [6.07, 6.45) is 5.40. The normalized spacial score (nSPS) is 10.4. The van der Waals surface area contributed by atoms with E-state index in [-0.39, 0.29) is 17.8 Å². The molecule has 0 atom stereocenters. The monoisotopic (exact) mass is 255 g/mol. The van der Waals surface area contributed by atoms with Gasteiger partial charge in [-0.25, -0.2) is 0 Å². The number of rotatable bonds is 5. The van der Waals surface area contributed by atoms with E-state index in [1.54, 1.807) is 17.0 Å². The molecule has 1 heterocycles. The summed E-state index contributed by atoms with van der Waals surface area (Å²) in [6.45, 7) is 2.39. The number of pyridine rings is 1. The topological polar surface area (TPSA) is 39.1 Å². The van der Waals surface area contributed by atoms with E-state index in [1.165, 1.54) is 17.7 Å². The maximum Gasteiger partial charge on any atom is 0.182 e. The highest BCUT2D eigenvalue weighted by Crippen LogP contribution is 2.08. The van der Waals surface area contributed by atoms with Gasteiger partial charge in [-0.15, -0.1) is 0 Å². The lowest BCUT2D eigenvalue weighted by Crippen LogP contribution is -2.12. The minimum absolute atomic E-state index is 0.0479. The van der Waals surface area contributed by atoms with E-state index in [0.717, 1.165) is 12.8 Å². The molecule has 0 spiro atoms. The van der Waals surface area contributed by atoms with Crippen LogP contribution in [0.5, 0.6) is 0 Å². The fraction of sp³-hybridized carbons (Fsp3) is 0.250. The van der Waals surface area contributed by atoms with Crippen LogP contribution in [-0.2, 0) is 13.0 Å². The molecule has 0 aliphatic heterocycles. The van der Waals surface area contributed by atoms with Gasteiger partial charge in [0, 0.05) is 30.1 Å². The van der Waals surface area contributed by atoms with Crippen LogP contribution in [0.15, 0.2) is 53.6 Å². The van der Waals surface area contributed by atoms with E-state index in [9.17, 15) is 9.59 Å². The van der Waals surface area contributed by atoms with Gasteiger partial charge in [-0.2, -0.15) is 0 Å². The van der Waals surface area contributed by atoms with E-state index in [0.29, 0.717) is 5.56 Å². The number of aromatic nitrogens is 1. The molecule has 3 heteroatoms. The van der Waals surface area contributed by atoms with Gasteiger partial charge in [0.15, 0.2) is 11.2 Å². The zero-order valence-corrected chi connectivity index (χ0v) is 11.0. The summed E-state index contributed by atoms with van der Waals surface area (Å²) < 4.78 is 1.71. The molecular formula is C16H17NO2. The van der Waals surface area contributed by atoms with Crippen LogP contribution in [0.2, 0.25) is 0 Å². The molecule has 0 fully saturated rings. The smallest absolute Gasteiger partial charge is 0.182 e. The highest BCUT2D eigenvalue weighted by Gasteiger charge is 2.05. The molecule has 0 unspecified atom stereocenters. The van der Waals surface area contributed by atoms with Gasteiger partial charge in [0.1, 0.15) is 0 Å². The van der Waals surface area contributed by atoms with Crippen LogP contribution in [0.1, 0.15) is 29.3 Å². The third-order valence-corrected chi connectivity index (χ3v) is 3.00. The zero-order chi connectivity index (χ0) is 13.7. The van der Waals surface area contributed by atoms with Crippen LogP contribution in [0.25, 0.3) is 0 Å². The number of Topliss-reactive ketones (excluding diaryl/α,β-unsaturated/α-hetero) is 1. The Balaban J connectivity index is 2.07. The highest BCUT2D eigenvalue weighted by atomic mass is 16.1. The maximum absolute atomic E-state index is 12.1. The summed E-state index contributed by atoms with van der Waals surface area (Å²) in [5, 5.41) is 0. The van der Waals surface area contributed by atoms with Crippen LogP contribution in [0.4, 0.5) is 0 Å². The molecule has 0 saturated carbocycles.